The van der Waals surface area contributed by atoms with Crippen LogP contribution in [0.5, 0.6) is 5.88 Å². The van der Waals surface area contributed by atoms with Gasteiger partial charge in [-0.25, -0.2) is 4.98 Å². The molecule has 2 aliphatic heterocycles. The van der Waals surface area contributed by atoms with Gasteiger partial charge in [-0.05, 0) is 37.7 Å². The van der Waals surface area contributed by atoms with Gasteiger partial charge in [0.1, 0.15) is 0 Å². The Bertz CT molecular complexity index is 573. The molecule has 2 saturated heterocycles. The van der Waals surface area contributed by atoms with Crippen LogP contribution in [0.4, 0.5) is 0 Å². The highest BCUT2D eigenvalue weighted by Gasteiger charge is 2.51. The standard InChI is InChI=1S/C19H26N2O3/c22-18(15-6-10-23-11-7-15)21-12-16-4-3-8-19(16,13-21)14-24-17-5-1-2-9-20-17/h1-2,5,9,15-16H,3-4,6-8,10-14H2/t16-,19+/m1/s1. The van der Waals surface area contributed by atoms with Gasteiger partial charge in [-0.3, -0.25) is 4.79 Å². The van der Waals surface area contributed by atoms with Crippen LogP contribution in [0, 0.1) is 17.3 Å². The molecule has 5 heteroatoms. The zero-order valence-electron chi connectivity index (χ0n) is 14.2. The van der Waals surface area contributed by atoms with E-state index in [1.54, 1.807) is 6.20 Å². The first-order valence-corrected chi connectivity index (χ1v) is 9.17. The zero-order valence-corrected chi connectivity index (χ0v) is 14.2. The van der Waals surface area contributed by atoms with Crippen LogP contribution in [-0.4, -0.2) is 48.7 Å². The summed E-state index contributed by atoms with van der Waals surface area (Å²) in [5.41, 5.74) is 0.123. The number of aromatic nitrogens is 1. The lowest BCUT2D eigenvalue weighted by molar-refractivity contribution is -0.138. The summed E-state index contributed by atoms with van der Waals surface area (Å²) >= 11 is 0. The molecule has 4 rings (SSSR count). The summed E-state index contributed by atoms with van der Waals surface area (Å²) in [7, 11) is 0. The Morgan fingerprint density at radius 3 is 3.00 bits per heavy atom. The molecule has 1 aliphatic carbocycles. The molecule has 0 bridgehead atoms. The van der Waals surface area contributed by atoms with Gasteiger partial charge in [0.25, 0.3) is 0 Å². The number of likely N-dealkylation sites (tertiary alicyclic amines) is 1. The second-order valence-electron chi connectivity index (χ2n) is 7.51. The Hall–Kier alpha value is -1.62. The highest BCUT2D eigenvalue weighted by molar-refractivity contribution is 5.79. The number of nitrogens with zero attached hydrogens (tertiary/aromatic N) is 2. The fourth-order valence-electron chi connectivity index (χ4n) is 4.67. The highest BCUT2D eigenvalue weighted by atomic mass is 16.5. The summed E-state index contributed by atoms with van der Waals surface area (Å²) in [5.74, 6) is 1.76. The largest absolute Gasteiger partial charge is 0.477 e. The Balaban J connectivity index is 1.42. The quantitative estimate of drug-likeness (QED) is 0.851. The van der Waals surface area contributed by atoms with Crippen molar-refractivity contribution in [2.24, 2.45) is 17.3 Å². The normalized spacial score (nSPS) is 30.3. The molecule has 2 atom stereocenters. The molecule has 0 spiro atoms. The van der Waals surface area contributed by atoms with Gasteiger partial charge >= 0.3 is 0 Å². The molecule has 0 radical (unpaired) electrons. The third-order valence-electron chi connectivity index (χ3n) is 6.07. The minimum atomic E-state index is 0.123. The summed E-state index contributed by atoms with van der Waals surface area (Å²) in [4.78, 5) is 19.2. The van der Waals surface area contributed by atoms with E-state index in [2.05, 4.69) is 9.88 Å². The first-order chi connectivity index (χ1) is 11.8. The lowest BCUT2D eigenvalue weighted by Crippen LogP contribution is -2.39. The molecule has 24 heavy (non-hydrogen) atoms. The van der Waals surface area contributed by atoms with Crippen LogP contribution in [0.3, 0.4) is 0 Å². The van der Waals surface area contributed by atoms with Gasteiger partial charge in [-0.1, -0.05) is 12.5 Å². The molecule has 1 amide bonds. The van der Waals surface area contributed by atoms with Crippen molar-refractivity contribution in [1.82, 2.24) is 9.88 Å². The Labute approximate surface area is 143 Å². The molecule has 3 aliphatic rings. The van der Waals surface area contributed by atoms with Gasteiger partial charge in [-0.15, -0.1) is 0 Å². The average molecular weight is 330 g/mol. The van der Waals surface area contributed by atoms with Crippen molar-refractivity contribution in [3.63, 3.8) is 0 Å². The fourth-order valence-corrected chi connectivity index (χ4v) is 4.67. The van der Waals surface area contributed by atoms with E-state index in [4.69, 9.17) is 9.47 Å². The number of pyridine rings is 1. The maximum atomic E-state index is 12.9. The SMILES string of the molecule is O=C(C1CCOCC1)N1C[C@H]2CCC[C@@]2(COc2ccccn2)C1. The second-order valence-corrected chi connectivity index (χ2v) is 7.51. The Kier molecular flexibility index (Phi) is 4.44. The van der Waals surface area contributed by atoms with Gasteiger partial charge in [-0.2, -0.15) is 0 Å². The number of amides is 1. The lowest BCUT2D eigenvalue weighted by atomic mass is 9.81. The molecule has 5 nitrogen and oxygen atoms in total. The van der Waals surface area contributed by atoms with Crippen molar-refractivity contribution in [2.75, 3.05) is 32.9 Å². The minimum absolute atomic E-state index is 0.123. The maximum absolute atomic E-state index is 12.9. The zero-order chi connectivity index (χ0) is 16.4. The van der Waals surface area contributed by atoms with E-state index in [-0.39, 0.29) is 11.3 Å². The van der Waals surface area contributed by atoms with Crippen molar-refractivity contribution >= 4 is 5.91 Å². The summed E-state index contributed by atoms with van der Waals surface area (Å²) in [6.45, 7) is 3.87. The van der Waals surface area contributed by atoms with Crippen molar-refractivity contribution in [3.8, 4) is 5.88 Å². The molecular formula is C19H26N2O3. The Morgan fingerprint density at radius 1 is 1.33 bits per heavy atom. The molecule has 1 aromatic heterocycles. The van der Waals surface area contributed by atoms with Crippen molar-refractivity contribution in [3.05, 3.63) is 24.4 Å². The third kappa shape index (κ3) is 3.02. The molecule has 0 N–H and O–H groups in total. The summed E-state index contributed by atoms with van der Waals surface area (Å²) in [6, 6.07) is 5.75. The van der Waals surface area contributed by atoms with Crippen LogP contribution in [0.2, 0.25) is 0 Å². The van der Waals surface area contributed by atoms with E-state index in [1.165, 1.54) is 12.8 Å². The predicted molar refractivity (Wildman–Crippen MR) is 89.6 cm³/mol. The molecule has 3 fully saturated rings. The van der Waals surface area contributed by atoms with Crippen LogP contribution in [0.1, 0.15) is 32.1 Å². The number of carbonyl (C=O) groups excluding carboxylic acids is 1. The maximum Gasteiger partial charge on any atom is 0.225 e. The summed E-state index contributed by atoms with van der Waals surface area (Å²) < 4.78 is 11.4. The predicted octanol–water partition coefficient (Wildman–Crippen LogP) is 2.52. The minimum Gasteiger partial charge on any atom is -0.477 e. The van der Waals surface area contributed by atoms with Gasteiger partial charge in [0.2, 0.25) is 11.8 Å². The number of rotatable bonds is 4. The first-order valence-electron chi connectivity index (χ1n) is 9.17. The molecule has 1 saturated carbocycles. The van der Waals surface area contributed by atoms with Crippen LogP contribution < -0.4 is 4.74 Å². The van der Waals surface area contributed by atoms with Crippen molar-refractivity contribution in [1.29, 1.82) is 0 Å². The average Bonchev–Trinajstić information content (AvgIpc) is 3.18. The van der Waals surface area contributed by atoms with Crippen molar-refractivity contribution < 1.29 is 14.3 Å². The van der Waals surface area contributed by atoms with Gasteiger partial charge in [0, 0.05) is 49.9 Å². The van der Waals surface area contributed by atoms with Gasteiger partial charge < -0.3 is 14.4 Å². The Morgan fingerprint density at radius 2 is 2.21 bits per heavy atom. The fraction of sp³-hybridized carbons (Fsp3) is 0.684. The second kappa shape index (κ2) is 6.71. The molecule has 0 unspecified atom stereocenters. The number of hydrogen-bond donors (Lipinski definition) is 0. The van der Waals surface area contributed by atoms with Gasteiger partial charge in [0.15, 0.2) is 0 Å². The van der Waals surface area contributed by atoms with E-state index >= 15 is 0 Å². The summed E-state index contributed by atoms with van der Waals surface area (Å²) in [5, 5.41) is 0. The lowest BCUT2D eigenvalue weighted by Gasteiger charge is -2.30. The van der Waals surface area contributed by atoms with E-state index in [0.29, 0.717) is 24.3 Å². The smallest absolute Gasteiger partial charge is 0.225 e. The van der Waals surface area contributed by atoms with E-state index in [0.717, 1.165) is 45.6 Å². The molecule has 1 aromatic rings. The topological polar surface area (TPSA) is 51.7 Å². The van der Waals surface area contributed by atoms with Crippen LogP contribution in [0.15, 0.2) is 24.4 Å². The van der Waals surface area contributed by atoms with E-state index < -0.39 is 0 Å². The van der Waals surface area contributed by atoms with E-state index in [9.17, 15) is 4.79 Å². The first kappa shape index (κ1) is 15.9. The van der Waals surface area contributed by atoms with Crippen LogP contribution in [-0.2, 0) is 9.53 Å². The number of hydrogen-bond acceptors (Lipinski definition) is 4. The molecule has 0 aromatic carbocycles. The third-order valence-corrected chi connectivity index (χ3v) is 6.07. The molecular weight excluding hydrogens is 304 g/mol. The highest BCUT2D eigenvalue weighted by Crippen LogP contribution is 2.49. The number of carbonyl (C=O) groups is 1. The van der Waals surface area contributed by atoms with Gasteiger partial charge in [0.05, 0.1) is 6.61 Å². The summed E-state index contributed by atoms with van der Waals surface area (Å²) in [6.07, 6.45) is 7.12. The van der Waals surface area contributed by atoms with E-state index in [1.807, 2.05) is 18.2 Å². The number of ether oxygens (including phenoxy) is 2. The van der Waals surface area contributed by atoms with Crippen LogP contribution in [0.25, 0.3) is 0 Å². The number of fused-ring (bicyclic) bond motifs is 1. The van der Waals surface area contributed by atoms with Crippen molar-refractivity contribution in [2.45, 2.75) is 32.1 Å². The monoisotopic (exact) mass is 330 g/mol. The molecule has 3 heterocycles. The van der Waals surface area contributed by atoms with Crippen LogP contribution >= 0.6 is 0 Å². The molecule has 130 valence electrons.